The Kier molecular flexibility index (Phi) is 7.93. The summed E-state index contributed by atoms with van der Waals surface area (Å²) >= 11 is 6.58. The first-order valence-corrected chi connectivity index (χ1v) is 9.46. The minimum Gasteiger partial charge on any atom is -0.506 e. The maximum Gasteiger partial charge on any atom is 0.240 e. The van der Waals surface area contributed by atoms with Crippen LogP contribution in [-0.4, -0.2) is 30.9 Å². The van der Waals surface area contributed by atoms with Gasteiger partial charge in [-0.25, -0.2) is 5.43 Å². The van der Waals surface area contributed by atoms with Crippen molar-refractivity contribution in [2.75, 3.05) is 19.0 Å². The van der Waals surface area contributed by atoms with Gasteiger partial charge in [-0.1, -0.05) is 15.9 Å². The second kappa shape index (κ2) is 10.2. The fourth-order valence-corrected chi connectivity index (χ4v) is 3.36. The zero-order valence-electron chi connectivity index (χ0n) is 14.1. The van der Waals surface area contributed by atoms with Crippen LogP contribution in [0, 0.1) is 0 Å². The van der Waals surface area contributed by atoms with Crippen LogP contribution in [0.2, 0.25) is 0 Å². The molecule has 0 spiro atoms. The van der Waals surface area contributed by atoms with Gasteiger partial charge in [0, 0.05) is 28.7 Å². The maximum atomic E-state index is 11.8. The molecular formula is C18H19Br2N3O3. The summed E-state index contributed by atoms with van der Waals surface area (Å²) in [6.07, 6.45) is 2.41. The number of nitrogens with zero attached hydrogens (tertiary/aromatic N) is 1. The Hall–Kier alpha value is -2.06. The third-order valence-electron chi connectivity index (χ3n) is 3.45. The van der Waals surface area contributed by atoms with Gasteiger partial charge in [0.25, 0.3) is 0 Å². The molecule has 0 aliphatic carbocycles. The van der Waals surface area contributed by atoms with E-state index in [2.05, 4.69) is 47.7 Å². The number of carbonyl (C=O) groups is 1. The van der Waals surface area contributed by atoms with E-state index in [-0.39, 0.29) is 11.7 Å². The number of phenolic OH excluding ortho intramolecular Hbond substituents is 1. The van der Waals surface area contributed by atoms with Crippen LogP contribution in [-0.2, 0) is 4.79 Å². The smallest absolute Gasteiger partial charge is 0.240 e. The summed E-state index contributed by atoms with van der Waals surface area (Å²) in [4.78, 5) is 11.8. The average Bonchev–Trinajstić information content (AvgIpc) is 2.63. The number of methoxy groups -OCH3 is 1. The van der Waals surface area contributed by atoms with Crippen molar-refractivity contribution in [3.8, 4) is 11.5 Å². The Balaban J connectivity index is 1.72. The summed E-state index contributed by atoms with van der Waals surface area (Å²) in [7, 11) is 1.63. The molecule has 8 heteroatoms. The molecule has 0 atom stereocenters. The first kappa shape index (κ1) is 20.3. The van der Waals surface area contributed by atoms with Crippen LogP contribution in [0.3, 0.4) is 0 Å². The SMILES string of the molecule is COc1ccc(NCCCC(=O)NN=Cc2cc(Br)cc(Br)c2O)cc1. The monoisotopic (exact) mass is 483 g/mol. The van der Waals surface area contributed by atoms with E-state index in [1.165, 1.54) is 6.21 Å². The summed E-state index contributed by atoms with van der Waals surface area (Å²) in [5.41, 5.74) is 3.92. The molecule has 138 valence electrons. The van der Waals surface area contributed by atoms with Crippen LogP contribution in [0.25, 0.3) is 0 Å². The fourth-order valence-electron chi connectivity index (χ4n) is 2.10. The Morgan fingerprint density at radius 3 is 2.69 bits per heavy atom. The van der Waals surface area contributed by atoms with E-state index in [4.69, 9.17) is 4.74 Å². The molecule has 2 rings (SSSR count). The molecule has 0 saturated heterocycles. The molecule has 0 unspecified atom stereocenters. The molecule has 3 N–H and O–H groups in total. The van der Waals surface area contributed by atoms with E-state index in [0.717, 1.165) is 15.9 Å². The molecule has 26 heavy (non-hydrogen) atoms. The zero-order chi connectivity index (χ0) is 18.9. The molecule has 0 heterocycles. The van der Waals surface area contributed by atoms with Crippen LogP contribution in [0.15, 0.2) is 50.4 Å². The highest BCUT2D eigenvalue weighted by atomic mass is 79.9. The Labute approximate surface area is 168 Å². The lowest BCUT2D eigenvalue weighted by Gasteiger charge is -2.07. The summed E-state index contributed by atoms with van der Waals surface area (Å²) in [5.74, 6) is 0.678. The lowest BCUT2D eigenvalue weighted by Crippen LogP contribution is -2.18. The number of anilines is 1. The minimum atomic E-state index is -0.189. The van der Waals surface area contributed by atoms with Gasteiger partial charge in [-0.3, -0.25) is 4.79 Å². The Bertz CT molecular complexity index is 780. The van der Waals surface area contributed by atoms with E-state index < -0.39 is 0 Å². The number of carbonyl (C=O) groups excluding carboxylic acids is 1. The van der Waals surface area contributed by atoms with Gasteiger partial charge in [-0.05, 0) is 58.7 Å². The van der Waals surface area contributed by atoms with Crippen molar-refractivity contribution >= 4 is 49.7 Å². The predicted octanol–water partition coefficient (Wildman–Crippen LogP) is 4.27. The van der Waals surface area contributed by atoms with Crippen LogP contribution < -0.4 is 15.5 Å². The zero-order valence-corrected chi connectivity index (χ0v) is 17.3. The highest BCUT2D eigenvalue weighted by molar-refractivity contribution is 9.11. The van der Waals surface area contributed by atoms with Crippen molar-refractivity contribution < 1.29 is 14.6 Å². The molecule has 0 radical (unpaired) electrons. The topological polar surface area (TPSA) is 83.0 Å². The summed E-state index contributed by atoms with van der Waals surface area (Å²) in [6, 6.07) is 11.0. The van der Waals surface area contributed by atoms with E-state index in [9.17, 15) is 9.90 Å². The molecule has 0 aromatic heterocycles. The second-order valence-corrected chi connectivity index (χ2v) is 7.15. The molecule has 6 nitrogen and oxygen atoms in total. The number of phenols is 1. The third-order valence-corrected chi connectivity index (χ3v) is 4.51. The number of amides is 1. The van der Waals surface area contributed by atoms with Crippen LogP contribution in [0.1, 0.15) is 18.4 Å². The third kappa shape index (κ3) is 6.34. The number of ether oxygens (including phenoxy) is 1. The number of benzene rings is 2. The lowest BCUT2D eigenvalue weighted by atomic mass is 10.2. The van der Waals surface area contributed by atoms with E-state index in [0.29, 0.717) is 29.4 Å². The predicted molar refractivity (Wildman–Crippen MR) is 110 cm³/mol. The average molecular weight is 485 g/mol. The van der Waals surface area contributed by atoms with Gasteiger partial charge < -0.3 is 15.2 Å². The van der Waals surface area contributed by atoms with Gasteiger partial charge in [0.05, 0.1) is 17.8 Å². The summed E-state index contributed by atoms with van der Waals surface area (Å²) < 4.78 is 6.44. The normalized spacial score (nSPS) is 10.7. The van der Waals surface area contributed by atoms with Gasteiger partial charge in [-0.15, -0.1) is 0 Å². The molecule has 0 bridgehead atoms. The van der Waals surface area contributed by atoms with Crippen molar-refractivity contribution in [1.82, 2.24) is 5.43 Å². The van der Waals surface area contributed by atoms with Crippen LogP contribution >= 0.6 is 31.9 Å². The number of rotatable bonds is 8. The molecule has 1 amide bonds. The van der Waals surface area contributed by atoms with Crippen molar-refractivity contribution in [3.05, 3.63) is 50.9 Å². The van der Waals surface area contributed by atoms with Crippen molar-refractivity contribution in [2.45, 2.75) is 12.8 Å². The highest BCUT2D eigenvalue weighted by Gasteiger charge is 2.05. The number of hydrogen-bond donors (Lipinski definition) is 3. The van der Waals surface area contributed by atoms with Crippen molar-refractivity contribution in [3.63, 3.8) is 0 Å². The van der Waals surface area contributed by atoms with Crippen molar-refractivity contribution in [2.24, 2.45) is 5.10 Å². The lowest BCUT2D eigenvalue weighted by molar-refractivity contribution is -0.121. The summed E-state index contributed by atoms with van der Waals surface area (Å²) in [6.45, 7) is 0.669. The molecule has 2 aromatic rings. The molecule has 0 saturated carbocycles. The summed E-state index contributed by atoms with van der Waals surface area (Å²) in [5, 5.41) is 17.0. The van der Waals surface area contributed by atoms with Gasteiger partial charge in [0.2, 0.25) is 5.91 Å². The van der Waals surface area contributed by atoms with Gasteiger partial charge in [0.15, 0.2) is 0 Å². The van der Waals surface area contributed by atoms with Gasteiger partial charge in [-0.2, -0.15) is 5.10 Å². The first-order valence-electron chi connectivity index (χ1n) is 7.87. The van der Waals surface area contributed by atoms with Gasteiger partial charge in [0.1, 0.15) is 11.5 Å². The first-order chi connectivity index (χ1) is 12.5. The number of hydrogen-bond acceptors (Lipinski definition) is 5. The molecule has 0 aliphatic heterocycles. The standard InChI is InChI=1S/C18H19Br2N3O3/c1-26-15-6-4-14(5-7-15)21-8-2-3-17(24)23-22-11-12-9-13(19)10-16(20)18(12)25/h4-7,9-11,21,25H,2-3,8H2,1H3,(H,23,24). The quantitative estimate of drug-likeness (QED) is 0.297. The molecular weight excluding hydrogens is 466 g/mol. The maximum absolute atomic E-state index is 11.8. The number of aromatic hydroxyl groups is 1. The largest absolute Gasteiger partial charge is 0.506 e. The Morgan fingerprint density at radius 2 is 2.00 bits per heavy atom. The number of halogens is 2. The Morgan fingerprint density at radius 1 is 1.27 bits per heavy atom. The number of hydrazone groups is 1. The van der Waals surface area contributed by atoms with Crippen LogP contribution in [0.4, 0.5) is 5.69 Å². The van der Waals surface area contributed by atoms with E-state index in [1.54, 1.807) is 19.2 Å². The minimum absolute atomic E-state index is 0.0647. The molecule has 2 aromatic carbocycles. The van der Waals surface area contributed by atoms with Crippen molar-refractivity contribution in [1.29, 1.82) is 0 Å². The molecule has 0 aliphatic rings. The fraction of sp³-hybridized carbons (Fsp3) is 0.222. The van der Waals surface area contributed by atoms with Gasteiger partial charge >= 0.3 is 0 Å². The second-order valence-electron chi connectivity index (χ2n) is 5.38. The number of nitrogens with one attached hydrogen (secondary N) is 2. The van der Waals surface area contributed by atoms with E-state index in [1.807, 2.05) is 24.3 Å². The van der Waals surface area contributed by atoms with Crippen LogP contribution in [0.5, 0.6) is 11.5 Å². The molecule has 0 fully saturated rings. The highest BCUT2D eigenvalue weighted by Crippen LogP contribution is 2.30. The van der Waals surface area contributed by atoms with E-state index >= 15 is 0 Å².